The Balaban J connectivity index is 1.86. The van der Waals surface area contributed by atoms with E-state index in [2.05, 4.69) is 16.0 Å². The first-order valence-corrected chi connectivity index (χ1v) is 42.2. The number of ether oxygens (including phenoxy) is 24. The van der Waals surface area contributed by atoms with Crippen molar-refractivity contribution in [3.05, 3.63) is 29.8 Å². The lowest BCUT2D eigenvalue weighted by Crippen LogP contribution is -2.45. The van der Waals surface area contributed by atoms with Crippen LogP contribution in [0.4, 0.5) is 5.69 Å². The molecule has 2 atom stereocenters. The molecular formula is C84H153N3O30. The maximum atomic E-state index is 13.8. The van der Waals surface area contributed by atoms with Crippen LogP contribution in [-0.4, -0.2) is 352 Å². The van der Waals surface area contributed by atoms with Gasteiger partial charge in [-0.2, -0.15) is 0 Å². The fraction of sp³-hybridized carbons (Fsp3) is 0.857. The number of hydrogen-bond donors (Lipinski definition) is 3. The van der Waals surface area contributed by atoms with E-state index >= 15 is 0 Å². The van der Waals surface area contributed by atoms with Crippen LogP contribution >= 0.6 is 0 Å². The summed E-state index contributed by atoms with van der Waals surface area (Å²) < 4.78 is 132. The molecule has 33 nitrogen and oxygen atoms in total. The number of Topliss-reactive ketones (excluding diaryl/α,β-unsaturated/α-hetero) is 2. The lowest BCUT2D eigenvalue weighted by Gasteiger charge is -2.24. The van der Waals surface area contributed by atoms with Crippen molar-refractivity contribution in [2.24, 2.45) is 22.7 Å². The molecule has 33 heteroatoms. The minimum atomic E-state index is -0.821. The van der Waals surface area contributed by atoms with E-state index in [1.807, 2.05) is 34.6 Å². The molecule has 3 amide bonds. The molecule has 0 aliphatic carbocycles. The molecule has 0 saturated carbocycles. The molecule has 3 N–H and O–H groups in total. The van der Waals surface area contributed by atoms with Gasteiger partial charge in [-0.05, 0) is 82.9 Å². The minimum absolute atomic E-state index is 0.0604. The van der Waals surface area contributed by atoms with Crippen molar-refractivity contribution >= 4 is 40.9 Å². The Morgan fingerprint density at radius 3 is 0.957 bits per heavy atom. The zero-order valence-corrected chi connectivity index (χ0v) is 72.8. The highest BCUT2D eigenvalue weighted by Crippen LogP contribution is 2.23. The lowest BCUT2D eigenvalue weighted by atomic mass is 9.87. The molecule has 0 bridgehead atoms. The highest BCUT2D eigenvalue weighted by atomic mass is 16.6. The van der Waals surface area contributed by atoms with E-state index in [1.54, 1.807) is 52.1 Å². The first-order valence-electron chi connectivity index (χ1n) is 42.2. The van der Waals surface area contributed by atoms with Gasteiger partial charge in [0.05, 0.1) is 296 Å². The van der Waals surface area contributed by atoms with E-state index < -0.39 is 22.8 Å². The molecule has 0 unspecified atom stereocenters. The number of nitrogens with one attached hydrogen (secondary N) is 3. The fourth-order valence-electron chi connectivity index (χ4n) is 9.97. The third kappa shape index (κ3) is 75.0. The standard InChI is InChI=1S/C84H153N3O30/c1-72(2)80(87-79(91)18-15-17-77(89)83(3,4)5)76(88)70-74(81(92)86-75-21-19-73(20-22-75)71-117-82(93)84(6,7)8)16-11-12-24-85-78(90)23-27-97-32-35-101-40-43-105-47-49-107-51-53-109-55-57-111-59-61-113-63-65-115-67-69-116-68-66-114-64-62-112-60-58-110-56-54-108-52-50-106-48-46-104-42-39-100-34-31-96-26-14-10-13-25-95-30-33-99-38-41-103-45-44-102-37-36-98-29-28-94-9/h19-22,72,74,80H,10-18,23-71H2,1-9H3,(H,85,90)(H,86,92)(H,87,91)/t74-,80+/m1/s1. The van der Waals surface area contributed by atoms with E-state index in [1.165, 1.54) is 0 Å². The highest BCUT2D eigenvalue weighted by molar-refractivity contribution is 5.97. The molecule has 0 saturated heterocycles. The van der Waals surface area contributed by atoms with E-state index in [-0.39, 0.29) is 80.1 Å². The largest absolute Gasteiger partial charge is 0.460 e. The molecule has 684 valence electrons. The summed E-state index contributed by atoms with van der Waals surface area (Å²) in [6, 6.07) is 6.11. The van der Waals surface area contributed by atoms with Gasteiger partial charge in [0.1, 0.15) is 12.4 Å². The number of carbonyl (C=O) groups excluding carboxylic acids is 6. The molecule has 1 rings (SSSR count). The predicted molar refractivity (Wildman–Crippen MR) is 438 cm³/mol. The Morgan fingerprint density at radius 1 is 0.333 bits per heavy atom. The molecular weight excluding hydrogens is 1530 g/mol. The number of hydrogen-bond acceptors (Lipinski definition) is 30. The molecule has 0 aliphatic heterocycles. The fourth-order valence-corrected chi connectivity index (χ4v) is 9.97. The number of anilines is 1. The zero-order valence-electron chi connectivity index (χ0n) is 72.8. The number of unbranched alkanes of at least 4 members (excludes halogenated alkanes) is 3. The van der Waals surface area contributed by atoms with Gasteiger partial charge >= 0.3 is 5.97 Å². The van der Waals surface area contributed by atoms with Crippen molar-refractivity contribution in [1.82, 2.24) is 10.6 Å². The normalized spacial score (nSPS) is 12.4. The Hall–Kier alpha value is -4.48. The first kappa shape index (κ1) is 111. The van der Waals surface area contributed by atoms with Crippen LogP contribution in [-0.2, 0) is 149 Å². The van der Waals surface area contributed by atoms with Gasteiger partial charge in [-0.25, -0.2) is 0 Å². The summed E-state index contributed by atoms with van der Waals surface area (Å²) >= 11 is 0. The number of ketones is 2. The summed E-state index contributed by atoms with van der Waals surface area (Å²) in [5.41, 5.74) is 0.111. The number of benzene rings is 1. The maximum Gasteiger partial charge on any atom is 0.311 e. The van der Waals surface area contributed by atoms with Gasteiger partial charge in [-0.1, -0.05) is 53.2 Å². The molecule has 0 spiro atoms. The smallest absolute Gasteiger partial charge is 0.311 e. The Bertz CT molecular complexity index is 2450. The van der Waals surface area contributed by atoms with Gasteiger partial charge in [0.2, 0.25) is 17.7 Å². The van der Waals surface area contributed by atoms with Crippen molar-refractivity contribution in [3.63, 3.8) is 0 Å². The quantitative estimate of drug-likeness (QED) is 0.0433. The monoisotopic (exact) mass is 1680 g/mol. The molecule has 117 heavy (non-hydrogen) atoms. The van der Waals surface area contributed by atoms with Crippen LogP contribution in [0.1, 0.15) is 132 Å². The summed E-state index contributed by atoms with van der Waals surface area (Å²) in [6.45, 7) is 36.7. The molecule has 0 aliphatic rings. The van der Waals surface area contributed by atoms with Crippen molar-refractivity contribution in [2.45, 2.75) is 139 Å². The molecule has 0 fully saturated rings. The van der Waals surface area contributed by atoms with E-state index in [9.17, 15) is 28.8 Å². The molecule has 1 aromatic rings. The Labute approximate surface area is 698 Å². The van der Waals surface area contributed by atoms with E-state index in [0.717, 1.165) is 24.8 Å². The van der Waals surface area contributed by atoms with Crippen LogP contribution in [0, 0.1) is 22.7 Å². The van der Waals surface area contributed by atoms with Gasteiger partial charge in [0.25, 0.3) is 0 Å². The van der Waals surface area contributed by atoms with Crippen molar-refractivity contribution in [1.29, 1.82) is 0 Å². The average Bonchev–Trinajstić information content (AvgIpc) is 0.861. The first-order chi connectivity index (χ1) is 56.8. The molecule has 0 heterocycles. The average molecular weight is 1690 g/mol. The van der Waals surface area contributed by atoms with Gasteiger partial charge in [0.15, 0.2) is 5.78 Å². The van der Waals surface area contributed by atoms with Gasteiger partial charge in [-0.3, -0.25) is 28.8 Å². The highest BCUT2D eigenvalue weighted by Gasteiger charge is 2.30. The topological polar surface area (TPSA) is 360 Å². The predicted octanol–water partition coefficient (Wildman–Crippen LogP) is 7.07. The summed E-state index contributed by atoms with van der Waals surface area (Å²) in [6.07, 6.45) is 5.25. The van der Waals surface area contributed by atoms with E-state index in [4.69, 9.17) is 114 Å². The van der Waals surface area contributed by atoms with Gasteiger partial charge in [0, 0.05) is 69.6 Å². The van der Waals surface area contributed by atoms with Crippen LogP contribution in [0.15, 0.2) is 24.3 Å². The number of methoxy groups -OCH3 is 1. The minimum Gasteiger partial charge on any atom is -0.460 e. The second-order valence-corrected chi connectivity index (χ2v) is 29.3. The summed E-state index contributed by atoms with van der Waals surface area (Å²) in [7, 11) is 1.65. The zero-order chi connectivity index (χ0) is 85.3. The number of rotatable bonds is 90. The summed E-state index contributed by atoms with van der Waals surface area (Å²) in [4.78, 5) is 77.9. The van der Waals surface area contributed by atoms with Crippen LogP contribution in [0.25, 0.3) is 0 Å². The Morgan fingerprint density at radius 2 is 0.650 bits per heavy atom. The van der Waals surface area contributed by atoms with Gasteiger partial charge < -0.3 is 130 Å². The van der Waals surface area contributed by atoms with Crippen LogP contribution < -0.4 is 16.0 Å². The second kappa shape index (κ2) is 81.2. The molecule has 0 aromatic heterocycles. The van der Waals surface area contributed by atoms with Crippen molar-refractivity contribution in [2.75, 3.05) is 316 Å². The van der Waals surface area contributed by atoms with Crippen LogP contribution in [0.2, 0.25) is 0 Å². The summed E-state index contributed by atoms with van der Waals surface area (Å²) in [5.74, 6) is -2.37. The van der Waals surface area contributed by atoms with E-state index in [0.29, 0.717) is 329 Å². The number of esters is 1. The molecule has 0 radical (unpaired) electrons. The van der Waals surface area contributed by atoms with Gasteiger partial charge in [-0.15, -0.1) is 0 Å². The Kier molecular flexibility index (Phi) is 76.7. The third-order valence-corrected chi connectivity index (χ3v) is 16.7. The lowest BCUT2D eigenvalue weighted by molar-refractivity contribution is -0.154. The maximum absolute atomic E-state index is 13.8. The van der Waals surface area contributed by atoms with Crippen molar-refractivity contribution < 1.29 is 142 Å². The number of amides is 3. The molecule has 1 aromatic carbocycles. The summed E-state index contributed by atoms with van der Waals surface area (Å²) in [5, 5.41) is 8.68. The number of carbonyl (C=O) groups is 6. The SMILES string of the molecule is COCCOCCOCCOCCOCCOCCCCCOCCOCCOCCOCCOCCOCCOCCOCCOCCOCCOCCOCCOCCOCCOCCOCCOCCC(=O)NCCCC[C@H](CC(=O)[C@@H](NC(=O)CCCC(=O)C(C)(C)C)C(C)C)C(=O)Nc1ccc(COC(=O)C(C)(C)C)cc1. The third-order valence-electron chi connectivity index (χ3n) is 16.7. The van der Waals surface area contributed by atoms with Crippen molar-refractivity contribution in [3.8, 4) is 0 Å². The second-order valence-electron chi connectivity index (χ2n) is 29.3. The van der Waals surface area contributed by atoms with Crippen LogP contribution in [0.3, 0.4) is 0 Å². The van der Waals surface area contributed by atoms with Crippen LogP contribution in [0.5, 0.6) is 0 Å².